The third-order valence-corrected chi connectivity index (χ3v) is 13.8. The molecule has 0 unspecified atom stereocenters. The fourth-order valence-corrected chi connectivity index (χ4v) is 11.1. The summed E-state index contributed by atoms with van der Waals surface area (Å²) in [6.07, 6.45) is 0. The van der Waals surface area contributed by atoms with Crippen molar-refractivity contribution in [2.24, 2.45) is 0 Å². The van der Waals surface area contributed by atoms with Gasteiger partial charge in [0.25, 0.3) is 0 Å². The number of nitrogens with zero attached hydrogens (tertiary/aromatic N) is 1. The molecule has 0 atom stereocenters. The van der Waals surface area contributed by atoms with Crippen molar-refractivity contribution in [2.45, 2.75) is 19.3 Å². The molecule has 268 valence electrons. The molecule has 0 fully saturated rings. The van der Waals surface area contributed by atoms with Gasteiger partial charge in [-0.3, -0.25) is 0 Å². The van der Waals surface area contributed by atoms with Gasteiger partial charge in [0.05, 0.1) is 11.0 Å². The molecule has 9 aromatic carbocycles. The molecule has 0 bridgehead atoms. The quantitative estimate of drug-likeness (QED) is 0.169. The highest BCUT2D eigenvalue weighted by Crippen LogP contribution is 2.51. The van der Waals surface area contributed by atoms with Gasteiger partial charge in [-0.25, -0.2) is 0 Å². The van der Waals surface area contributed by atoms with Gasteiger partial charge in [0.15, 0.2) is 0 Å². The van der Waals surface area contributed by atoms with E-state index in [4.69, 9.17) is 0 Å². The standard InChI is InChI=1S/C55H37NS/c1-55(2)49-20-8-6-16-43(49)45-26-22-39-31-40(25-27-41(39)53(45)55)56-50-21-9-7-17-44(50)47-32-36(23-28-51(47)56)37-24-29-52-48(33-37)46-19-11-18-42(54(46)57-52)38-15-10-14-35(30-38)34-12-4-3-5-13-34/h3-33H,1-2H3. The molecule has 1 aliphatic carbocycles. The van der Waals surface area contributed by atoms with E-state index in [2.05, 4.69) is 206 Å². The first kappa shape index (κ1) is 32.5. The van der Waals surface area contributed by atoms with Crippen molar-refractivity contribution in [2.75, 3.05) is 0 Å². The molecular weight excluding hydrogens is 707 g/mol. The third kappa shape index (κ3) is 4.81. The predicted molar refractivity (Wildman–Crippen MR) is 245 cm³/mol. The van der Waals surface area contributed by atoms with Gasteiger partial charge in [-0.05, 0) is 115 Å². The minimum atomic E-state index is -0.0503. The number of fused-ring (bicyclic) bond motifs is 11. The van der Waals surface area contributed by atoms with E-state index < -0.39 is 0 Å². The summed E-state index contributed by atoms with van der Waals surface area (Å²) in [4.78, 5) is 0. The number of benzene rings is 9. The van der Waals surface area contributed by atoms with Crippen LogP contribution in [0.2, 0.25) is 0 Å². The average Bonchev–Trinajstić information content (AvgIpc) is 3.89. The zero-order valence-electron chi connectivity index (χ0n) is 31.8. The van der Waals surface area contributed by atoms with Gasteiger partial charge in [0.1, 0.15) is 0 Å². The minimum Gasteiger partial charge on any atom is -0.309 e. The van der Waals surface area contributed by atoms with Crippen LogP contribution in [-0.4, -0.2) is 4.57 Å². The van der Waals surface area contributed by atoms with E-state index in [-0.39, 0.29) is 5.41 Å². The fraction of sp³-hybridized carbons (Fsp3) is 0.0545. The Bertz CT molecular complexity index is 3430. The van der Waals surface area contributed by atoms with Gasteiger partial charge in [-0.2, -0.15) is 0 Å². The number of rotatable bonds is 4. The molecule has 2 heteroatoms. The molecule has 0 spiro atoms. The van der Waals surface area contributed by atoms with Crippen molar-refractivity contribution in [3.05, 3.63) is 199 Å². The van der Waals surface area contributed by atoms with Crippen molar-refractivity contribution < 1.29 is 0 Å². The summed E-state index contributed by atoms with van der Waals surface area (Å²) in [6.45, 7) is 4.75. The molecule has 1 nitrogen and oxygen atoms in total. The van der Waals surface area contributed by atoms with Crippen LogP contribution in [0.4, 0.5) is 0 Å². The molecule has 0 saturated carbocycles. The molecule has 2 heterocycles. The normalized spacial score (nSPS) is 13.2. The largest absolute Gasteiger partial charge is 0.309 e. The maximum atomic E-state index is 2.45. The highest BCUT2D eigenvalue weighted by Gasteiger charge is 2.36. The molecule has 2 aromatic heterocycles. The zero-order valence-corrected chi connectivity index (χ0v) is 32.6. The topological polar surface area (TPSA) is 4.93 Å². The second-order valence-corrected chi connectivity index (χ2v) is 17.1. The first-order chi connectivity index (χ1) is 28.0. The number of hydrogen-bond acceptors (Lipinski definition) is 1. The summed E-state index contributed by atoms with van der Waals surface area (Å²) in [5.74, 6) is 0. The summed E-state index contributed by atoms with van der Waals surface area (Å²) in [7, 11) is 0. The molecule has 0 saturated heterocycles. The van der Waals surface area contributed by atoms with E-state index in [1.54, 1.807) is 0 Å². The van der Waals surface area contributed by atoms with Crippen LogP contribution in [0.25, 0.3) is 103 Å². The van der Waals surface area contributed by atoms with E-state index in [0.717, 1.165) is 0 Å². The Hall–Kier alpha value is -6.74. The minimum absolute atomic E-state index is 0.0503. The van der Waals surface area contributed by atoms with Gasteiger partial charge in [-0.1, -0.05) is 153 Å². The van der Waals surface area contributed by atoms with E-state index in [1.807, 2.05) is 11.3 Å². The molecule has 0 amide bonds. The molecule has 1 aliphatic rings. The Morgan fingerprint density at radius 1 is 0.404 bits per heavy atom. The summed E-state index contributed by atoms with van der Waals surface area (Å²) >= 11 is 1.89. The van der Waals surface area contributed by atoms with Gasteiger partial charge < -0.3 is 4.57 Å². The third-order valence-electron chi connectivity index (χ3n) is 12.6. The number of aromatic nitrogens is 1. The van der Waals surface area contributed by atoms with E-state index >= 15 is 0 Å². The lowest BCUT2D eigenvalue weighted by Gasteiger charge is -2.23. The molecule has 11 aromatic rings. The molecule has 57 heavy (non-hydrogen) atoms. The number of para-hydroxylation sites is 1. The Labute approximate surface area is 335 Å². The first-order valence-electron chi connectivity index (χ1n) is 19.8. The van der Waals surface area contributed by atoms with Gasteiger partial charge in [0, 0.05) is 42.0 Å². The predicted octanol–water partition coefficient (Wildman–Crippen LogP) is 15.6. The van der Waals surface area contributed by atoms with Crippen LogP contribution in [0.15, 0.2) is 188 Å². The Kier molecular flexibility index (Phi) is 6.91. The van der Waals surface area contributed by atoms with Crippen LogP contribution in [0.1, 0.15) is 25.0 Å². The maximum Gasteiger partial charge on any atom is 0.0541 e. The smallest absolute Gasteiger partial charge is 0.0541 e. The van der Waals surface area contributed by atoms with Crippen LogP contribution in [0.3, 0.4) is 0 Å². The highest BCUT2D eigenvalue weighted by atomic mass is 32.1. The van der Waals surface area contributed by atoms with Gasteiger partial charge in [0.2, 0.25) is 0 Å². The van der Waals surface area contributed by atoms with Crippen LogP contribution in [0, 0.1) is 0 Å². The summed E-state index contributed by atoms with van der Waals surface area (Å²) < 4.78 is 5.10. The van der Waals surface area contributed by atoms with Crippen LogP contribution in [-0.2, 0) is 5.41 Å². The molecule has 0 aliphatic heterocycles. The van der Waals surface area contributed by atoms with Gasteiger partial charge in [-0.15, -0.1) is 11.3 Å². The molecular formula is C55H37NS. The highest BCUT2D eigenvalue weighted by molar-refractivity contribution is 7.26. The Morgan fingerprint density at radius 2 is 1.09 bits per heavy atom. The molecule has 0 N–H and O–H groups in total. The second kappa shape index (κ2) is 12.1. The van der Waals surface area contributed by atoms with Crippen molar-refractivity contribution in [1.82, 2.24) is 4.57 Å². The lowest BCUT2D eigenvalue weighted by molar-refractivity contribution is 0.666. The monoisotopic (exact) mass is 743 g/mol. The molecule has 0 radical (unpaired) electrons. The summed E-state index contributed by atoms with van der Waals surface area (Å²) in [5, 5.41) is 7.77. The van der Waals surface area contributed by atoms with Crippen LogP contribution < -0.4 is 0 Å². The lowest BCUT2D eigenvalue weighted by atomic mass is 9.80. The van der Waals surface area contributed by atoms with Crippen molar-refractivity contribution >= 4 is 64.1 Å². The summed E-state index contributed by atoms with van der Waals surface area (Å²) in [6, 6.07) is 69.9. The molecule has 12 rings (SSSR count). The van der Waals surface area contributed by atoms with Crippen LogP contribution in [0.5, 0.6) is 0 Å². The van der Waals surface area contributed by atoms with Crippen molar-refractivity contribution in [3.63, 3.8) is 0 Å². The van der Waals surface area contributed by atoms with Crippen LogP contribution >= 0.6 is 11.3 Å². The van der Waals surface area contributed by atoms with E-state index in [1.165, 1.54) is 114 Å². The first-order valence-corrected chi connectivity index (χ1v) is 20.7. The van der Waals surface area contributed by atoms with E-state index in [9.17, 15) is 0 Å². The Morgan fingerprint density at radius 3 is 2.00 bits per heavy atom. The lowest BCUT2D eigenvalue weighted by Crippen LogP contribution is -2.15. The SMILES string of the molecule is CC1(C)c2ccccc2-c2ccc3cc(-n4c5ccccc5c5cc(-c6ccc7sc8c(-c9cccc(-c%10ccccc%10)c9)cccc8c7c6)ccc54)ccc3c21. The fourth-order valence-electron chi connectivity index (χ4n) is 9.88. The van der Waals surface area contributed by atoms with Crippen molar-refractivity contribution in [3.8, 4) is 50.2 Å². The second-order valence-electron chi connectivity index (χ2n) is 16.1. The van der Waals surface area contributed by atoms with Crippen molar-refractivity contribution in [1.29, 1.82) is 0 Å². The Balaban J connectivity index is 0.964. The maximum absolute atomic E-state index is 2.45. The van der Waals surface area contributed by atoms with Gasteiger partial charge >= 0.3 is 0 Å². The number of thiophene rings is 1. The zero-order chi connectivity index (χ0) is 37.8. The number of hydrogen-bond donors (Lipinski definition) is 0. The average molecular weight is 744 g/mol. The summed E-state index contributed by atoms with van der Waals surface area (Å²) in [5.41, 5.74) is 16.6. The van der Waals surface area contributed by atoms with E-state index in [0.29, 0.717) is 0 Å².